The highest BCUT2D eigenvalue weighted by Crippen LogP contribution is 2.42. The maximum Gasteiger partial charge on any atom is 0.129 e. The van der Waals surface area contributed by atoms with E-state index in [0.717, 1.165) is 48.7 Å². The minimum absolute atomic E-state index is 0.210. The average Bonchev–Trinajstić information content (AvgIpc) is 3.35. The Balaban J connectivity index is 1.47. The van der Waals surface area contributed by atoms with Crippen LogP contribution in [0.5, 0.6) is 5.75 Å². The van der Waals surface area contributed by atoms with Crippen molar-refractivity contribution in [2.24, 2.45) is 0 Å². The number of ether oxygens (including phenoxy) is 1. The number of nitrogens with zero attached hydrogens (tertiary/aromatic N) is 1. The summed E-state index contributed by atoms with van der Waals surface area (Å²) in [4.78, 5) is 9.28. The van der Waals surface area contributed by atoms with Gasteiger partial charge in [-0.25, -0.2) is 0 Å². The minimum Gasteiger partial charge on any atom is -0.496 e. The number of piperazine rings is 1. The summed E-state index contributed by atoms with van der Waals surface area (Å²) < 4.78 is 8.77. The van der Waals surface area contributed by atoms with Crippen LogP contribution in [0.1, 0.15) is 23.2 Å². The van der Waals surface area contributed by atoms with Crippen LogP contribution in [0, 0.1) is 0 Å². The van der Waals surface area contributed by atoms with Gasteiger partial charge in [-0.05, 0) is 68.2 Å². The van der Waals surface area contributed by atoms with E-state index in [4.69, 9.17) is 4.74 Å². The Morgan fingerprint density at radius 1 is 1.07 bits per heavy atom. The van der Waals surface area contributed by atoms with Gasteiger partial charge >= 0.3 is 0 Å². The van der Waals surface area contributed by atoms with E-state index in [1.54, 1.807) is 7.11 Å². The molecular formula is C22H21Br3N4O. The van der Waals surface area contributed by atoms with Gasteiger partial charge in [0.15, 0.2) is 0 Å². The van der Waals surface area contributed by atoms with Gasteiger partial charge in [0.05, 0.1) is 17.1 Å². The fourth-order valence-electron chi connectivity index (χ4n) is 4.52. The van der Waals surface area contributed by atoms with Crippen molar-refractivity contribution in [1.82, 2.24) is 20.2 Å². The maximum absolute atomic E-state index is 5.70. The largest absolute Gasteiger partial charge is 0.496 e. The second kappa shape index (κ2) is 7.98. The third-order valence-corrected chi connectivity index (χ3v) is 8.51. The lowest BCUT2D eigenvalue weighted by molar-refractivity contribution is 0.166. The number of H-pyrrole nitrogens is 2. The van der Waals surface area contributed by atoms with Crippen LogP contribution < -0.4 is 10.1 Å². The number of rotatable bonds is 3. The standard InChI is InChI=1S/C22H21Br3N4O/c1-29-10-17(14-8-28-22-20(14)19(30-2)6-15(24)21(22)25)27-9-18(29)13-7-26-16-5-11(23)3-4-12(13)16/h3-8,17-18,26-28H,9-10H2,1-2H3/t17-,18-/m1/s1. The topological polar surface area (TPSA) is 56.1 Å². The summed E-state index contributed by atoms with van der Waals surface area (Å²) in [5.74, 6) is 0.866. The second-order valence-corrected chi connectivity index (χ2v) is 10.3. The van der Waals surface area contributed by atoms with Crippen molar-refractivity contribution in [1.29, 1.82) is 0 Å². The summed E-state index contributed by atoms with van der Waals surface area (Å²) in [6.07, 6.45) is 4.24. The molecule has 1 aliphatic rings. The molecule has 0 radical (unpaired) electrons. The Bertz CT molecular complexity index is 1250. The van der Waals surface area contributed by atoms with Crippen molar-refractivity contribution < 1.29 is 4.74 Å². The molecule has 1 aliphatic heterocycles. The summed E-state index contributed by atoms with van der Waals surface area (Å²) >= 11 is 10.8. The van der Waals surface area contributed by atoms with Gasteiger partial charge in [0.2, 0.25) is 0 Å². The number of fused-ring (bicyclic) bond motifs is 2. The molecule has 30 heavy (non-hydrogen) atoms. The van der Waals surface area contributed by atoms with Crippen molar-refractivity contribution in [3.05, 3.63) is 61.2 Å². The van der Waals surface area contributed by atoms with Gasteiger partial charge in [0, 0.05) is 62.8 Å². The maximum atomic E-state index is 5.70. The molecule has 156 valence electrons. The van der Waals surface area contributed by atoms with E-state index in [1.807, 2.05) is 6.07 Å². The molecule has 2 aromatic heterocycles. The van der Waals surface area contributed by atoms with E-state index in [1.165, 1.54) is 16.5 Å². The number of hydrogen-bond acceptors (Lipinski definition) is 3. The number of benzene rings is 2. The van der Waals surface area contributed by atoms with Crippen LogP contribution >= 0.6 is 47.8 Å². The molecule has 2 atom stereocenters. The number of halogens is 3. The summed E-state index contributed by atoms with van der Waals surface area (Å²) in [5, 5.41) is 6.17. The van der Waals surface area contributed by atoms with Gasteiger partial charge in [-0.15, -0.1) is 0 Å². The lowest BCUT2D eigenvalue weighted by Gasteiger charge is -2.38. The van der Waals surface area contributed by atoms with Crippen LogP contribution in [-0.4, -0.2) is 42.1 Å². The summed E-state index contributed by atoms with van der Waals surface area (Å²) in [5.41, 5.74) is 4.76. The molecule has 0 spiro atoms. The molecule has 5 nitrogen and oxygen atoms in total. The molecule has 1 fully saturated rings. The van der Waals surface area contributed by atoms with Crippen LogP contribution in [0.25, 0.3) is 21.8 Å². The molecule has 3 N–H and O–H groups in total. The van der Waals surface area contributed by atoms with E-state index in [9.17, 15) is 0 Å². The van der Waals surface area contributed by atoms with Crippen LogP contribution in [0.2, 0.25) is 0 Å². The van der Waals surface area contributed by atoms with Gasteiger partial charge in [-0.1, -0.05) is 22.0 Å². The van der Waals surface area contributed by atoms with Gasteiger partial charge < -0.3 is 20.0 Å². The zero-order chi connectivity index (χ0) is 21.0. The Morgan fingerprint density at radius 3 is 2.63 bits per heavy atom. The van der Waals surface area contributed by atoms with Crippen LogP contribution in [0.3, 0.4) is 0 Å². The number of aromatic nitrogens is 2. The highest BCUT2D eigenvalue weighted by atomic mass is 79.9. The molecule has 3 heterocycles. The molecule has 0 amide bonds. The zero-order valence-electron chi connectivity index (χ0n) is 16.5. The van der Waals surface area contributed by atoms with Crippen molar-refractivity contribution in [2.75, 3.05) is 27.2 Å². The van der Waals surface area contributed by atoms with E-state index in [0.29, 0.717) is 6.04 Å². The lowest BCUT2D eigenvalue weighted by Crippen LogP contribution is -2.45. The number of hydrogen-bond donors (Lipinski definition) is 3. The molecule has 5 rings (SSSR count). The van der Waals surface area contributed by atoms with Crippen LogP contribution in [0.4, 0.5) is 0 Å². The van der Waals surface area contributed by atoms with E-state index >= 15 is 0 Å². The number of likely N-dealkylation sites (N-methyl/N-ethyl adjacent to an activating group) is 1. The van der Waals surface area contributed by atoms with Crippen molar-refractivity contribution >= 4 is 69.6 Å². The molecule has 1 saturated heterocycles. The monoisotopic (exact) mass is 594 g/mol. The highest BCUT2D eigenvalue weighted by molar-refractivity contribution is 9.13. The van der Waals surface area contributed by atoms with Gasteiger partial charge in [0.25, 0.3) is 0 Å². The van der Waals surface area contributed by atoms with Gasteiger partial charge in [-0.3, -0.25) is 4.90 Å². The van der Waals surface area contributed by atoms with Crippen molar-refractivity contribution in [3.8, 4) is 5.75 Å². The Kier molecular flexibility index (Phi) is 5.48. The first-order valence-electron chi connectivity index (χ1n) is 9.71. The first-order valence-corrected chi connectivity index (χ1v) is 12.1. The quantitative estimate of drug-likeness (QED) is 0.262. The predicted molar refractivity (Wildman–Crippen MR) is 132 cm³/mol. The average molecular weight is 597 g/mol. The Labute approximate surface area is 199 Å². The smallest absolute Gasteiger partial charge is 0.129 e. The summed E-state index contributed by atoms with van der Waals surface area (Å²) in [7, 11) is 3.92. The van der Waals surface area contributed by atoms with Crippen molar-refractivity contribution in [2.45, 2.75) is 12.1 Å². The third kappa shape index (κ3) is 3.33. The molecular weight excluding hydrogens is 576 g/mol. The fourth-order valence-corrected chi connectivity index (χ4v) is 5.72. The Morgan fingerprint density at radius 2 is 1.87 bits per heavy atom. The first kappa shape index (κ1) is 20.6. The molecule has 0 bridgehead atoms. The molecule has 8 heteroatoms. The van der Waals surface area contributed by atoms with E-state index in [2.05, 4.69) is 106 Å². The molecule has 0 aliphatic carbocycles. The van der Waals surface area contributed by atoms with Crippen LogP contribution in [-0.2, 0) is 0 Å². The Hall–Kier alpha value is -1.32. The lowest BCUT2D eigenvalue weighted by atomic mass is 9.97. The molecule has 0 unspecified atom stereocenters. The molecule has 0 saturated carbocycles. The third-order valence-electron chi connectivity index (χ3n) is 6.03. The van der Waals surface area contributed by atoms with E-state index in [-0.39, 0.29) is 6.04 Å². The van der Waals surface area contributed by atoms with E-state index < -0.39 is 0 Å². The van der Waals surface area contributed by atoms with Gasteiger partial charge in [-0.2, -0.15) is 0 Å². The normalized spacial score (nSPS) is 20.3. The van der Waals surface area contributed by atoms with Gasteiger partial charge in [0.1, 0.15) is 5.75 Å². The molecule has 4 aromatic rings. The number of aromatic amines is 2. The van der Waals surface area contributed by atoms with Crippen LogP contribution in [0.15, 0.2) is 50.1 Å². The second-order valence-electron chi connectivity index (χ2n) is 7.72. The summed E-state index contributed by atoms with van der Waals surface area (Å²) in [6, 6.07) is 8.96. The number of nitrogens with one attached hydrogen (secondary N) is 3. The summed E-state index contributed by atoms with van der Waals surface area (Å²) in [6.45, 7) is 1.77. The number of methoxy groups -OCH3 is 1. The highest BCUT2D eigenvalue weighted by Gasteiger charge is 2.31. The fraction of sp³-hybridized carbons (Fsp3) is 0.273. The van der Waals surface area contributed by atoms with Crippen molar-refractivity contribution in [3.63, 3.8) is 0 Å². The first-order chi connectivity index (χ1) is 14.5. The predicted octanol–water partition coefficient (Wildman–Crippen LogP) is 6.26. The molecule has 2 aromatic carbocycles. The SMILES string of the molecule is COc1cc(Br)c(Br)c2[nH]cc([C@H]3CN(C)[C@@H](c4c[nH]c5cc(Br)ccc45)CN3)c12. The minimum atomic E-state index is 0.210. The zero-order valence-corrected chi connectivity index (χ0v) is 21.3.